The van der Waals surface area contributed by atoms with E-state index in [0.717, 1.165) is 11.3 Å². The summed E-state index contributed by atoms with van der Waals surface area (Å²) in [4.78, 5) is 10.7. The predicted octanol–water partition coefficient (Wildman–Crippen LogP) is 2.17. The van der Waals surface area contributed by atoms with Crippen LogP contribution in [0.5, 0.6) is 0 Å². The summed E-state index contributed by atoms with van der Waals surface area (Å²) in [5.41, 5.74) is 4.83. The molecule has 5 heteroatoms. The molecule has 0 fully saturated rings. The number of nitrogens with zero attached hydrogens (tertiary/aromatic N) is 2. The van der Waals surface area contributed by atoms with E-state index in [-0.39, 0.29) is 5.56 Å². The topological polar surface area (TPSA) is 66.6 Å². The number of hydrazone groups is 1. The molecule has 92 valence electrons. The first kappa shape index (κ1) is 11.9. The van der Waals surface area contributed by atoms with Crippen molar-refractivity contribution in [3.63, 3.8) is 0 Å². The summed E-state index contributed by atoms with van der Waals surface area (Å²) in [6.07, 6.45) is 5.58. The van der Waals surface area contributed by atoms with Crippen LogP contribution in [0.1, 0.15) is 15.9 Å². The van der Waals surface area contributed by atoms with Gasteiger partial charge in [-0.3, -0.25) is 5.43 Å². The molecular weight excluding hydrogens is 230 g/mol. The maximum absolute atomic E-state index is 10.7. The van der Waals surface area contributed by atoms with Gasteiger partial charge in [0, 0.05) is 25.0 Å². The number of rotatable bonds is 4. The summed E-state index contributed by atoms with van der Waals surface area (Å²) in [5, 5.41) is 12.8. The van der Waals surface area contributed by atoms with Gasteiger partial charge in [-0.1, -0.05) is 0 Å². The maximum atomic E-state index is 10.7. The molecule has 0 radical (unpaired) electrons. The highest BCUT2D eigenvalue weighted by atomic mass is 16.4. The lowest BCUT2D eigenvalue weighted by atomic mass is 10.2. The number of carboxylic acid groups (broad SMARTS) is 1. The third-order valence-electron chi connectivity index (χ3n) is 2.39. The third kappa shape index (κ3) is 2.98. The highest BCUT2D eigenvalue weighted by Gasteiger charge is 2.00. The Balaban J connectivity index is 1.98. The SMILES string of the molecule is Cn1ccc(/C=N/Nc2ccc(C(=O)O)cc2)c1. The molecule has 1 aromatic carbocycles. The molecule has 0 bridgehead atoms. The van der Waals surface area contributed by atoms with E-state index in [1.165, 1.54) is 12.1 Å². The number of carbonyl (C=O) groups is 1. The molecule has 0 spiro atoms. The van der Waals surface area contributed by atoms with Crippen LogP contribution < -0.4 is 5.43 Å². The lowest BCUT2D eigenvalue weighted by molar-refractivity contribution is 0.0697. The molecule has 2 aromatic rings. The Morgan fingerprint density at radius 3 is 2.61 bits per heavy atom. The average molecular weight is 243 g/mol. The molecule has 1 aromatic heterocycles. The predicted molar refractivity (Wildman–Crippen MR) is 70.0 cm³/mol. The number of anilines is 1. The van der Waals surface area contributed by atoms with Gasteiger partial charge in [0.1, 0.15) is 0 Å². The van der Waals surface area contributed by atoms with Crippen LogP contribution >= 0.6 is 0 Å². The Labute approximate surface area is 104 Å². The van der Waals surface area contributed by atoms with Gasteiger partial charge in [-0.25, -0.2) is 4.79 Å². The van der Waals surface area contributed by atoms with E-state index in [9.17, 15) is 4.79 Å². The largest absolute Gasteiger partial charge is 0.478 e. The number of aromatic nitrogens is 1. The first-order valence-electron chi connectivity index (χ1n) is 5.39. The zero-order chi connectivity index (χ0) is 13.0. The molecule has 0 aliphatic carbocycles. The second-order valence-corrected chi connectivity index (χ2v) is 3.86. The third-order valence-corrected chi connectivity index (χ3v) is 2.39. The summed E-state index contributed by atoms with van der Waals surface area (Å²) in [6, 6.07) is 8.35. The van der Waals surface area contributed by atoms with Crippen LogP contribution in [-0.4, -0.2) is 21.9 Å². The van der Waals surface area contributed by atoms with Crippen LogP contribution in [0.2, 0.25) is 0 Å². The summed E-state index contributed by atoms with van der Waals surface area (Å²) >= 11 is 0. The van der Waals surface area contributed by atoms with Crippen molar-refractivity contribution in [1.29, 1.82) is 0 Å². The zero-order valence-corrected chi connectivity index (χ0v) is 9.87. The zero-order valence-electron chi connectivity index (χ0n) is 9.87. The van der Waals surface area contributed by atoms with Crippen molar-refractivity contribution in [2.45, 2.75) is 0 Å². The first-order chi connectivity index (χ1) is 8.65. The molecule has 0 amide bonds. The molecule has 18 heavy (non-hydrogen) atoms. The van der Waals surface area contributed by atoms with E-state index < -0.39 is 5.97 Å². The fourth-order valence-corrected chi connectivity index (χ4v) is 1.47. The number of aryl methyl sites for hydroxylation is 1. The second kappa shape index (κ2) is 5.18. The van der Waals surface area contributed by atoms with Crippen molar-refractivity contribution >= 4 is 17.9 Å². The van der Waals surface area contributed by atoms with Crippen LogP contribution in [0.25, 0.3) is 0 Å². The van der Waals surface area contributed by atoms with E-state index in [2.05, 4.69) is 10.5 Å². The molecule has 0 aliphatic rings. The van der Waals surface area contributed by atoms with E-state index in [4.69, 9.17) is 5.11 Å². The van der Waals surface area contributed by atoms with Crippen LogP contribution in [0.15, 0.2) is 47.8 Å². The summed E-state index contributed by atoms with van der Waals surface area (Å²) in [6.45, 7) is 0. The molecule has 0 saturated carbocycles. The minimum atomic E-state index is -0.936. The molecule has 2 N–H and O–H groups in total. The number of carboxylic acids is 1. The first-order valence-corrected chi connectivity index (χ1v) is 5.39. The van der Waals surface area contributed by atoms with Gasteiger partial charge in [-0.05, 0) is 30.3 Å². The van der Waals surface area contributed by atoms with Gasteiger partial charge in [0.2, 0.25) is 0 Å². The normalized spacial score (nSPS) is 10.7. The number of hydrogen-bond acceptors (Lipinski definition) is 3. The van der Waals surface area contributed by atoms with Crippen LogP contribution in [0.4, 0.5) is 5.69 Å². The van der Waals surface area contributed by atoms with Crippen molar-refractivity contribution in [1.82, 2.24) is 4.57 Å². The van der Waals surface area contributed by atoms with Crippen molar-refractivity contribution in [2.75, 3.05) is 5.43 Å². The highest BCUT2D eigenvalue weighted by molar-refractivity contribution is 5.88. The minimum absolute atomic E-state index is 0.257. The molecule has 0 saturated heterocycles. The quantitative estimate of drug-likeness (QED) is 0.638. The molecule has 0 atom stereocenters. The fourth-order valence-electron chi connectivity index (χ4n) is 1.47. The summed E-state index contributed by atoms with van der Waals surface area (Å²) in [5.74, 6) is -0.936. The molecule has 5 nitrogen and oxygen atoms in total. The van der Waals surface area contributed by atoms with Crippen molar-refractivity contribution in [2.24, 2.45) is 12.1 Å². The molecular formula is C13H13N3O2. The Hall–Kier alpha value is -2.56. The lowest BCUT2D eigenvalue weighted by Gasteiger charge is -2.00. The van der Waals surface area contributed by atoms with E-state index >= 15 is 0 Å². The van der Waals surface area contributed by atoms with Crippen molar-refractivity contribution in [3.8, 4) is 0 Å². The van der Waals surface area contributed by atoms with Crippen molar-refractivity contribution < 1.29 is 9.90 Å². The van der Waals surface area contributed by atoms with Gasteiger partial charge >= 0.3 is 5.97 Å². The smallest absolute Gasteiger partial charge is 0.335 e. The Bertz CT molecular complexity index is 570. The van der Waals surface area contributed by atoms with E-state index in [1.54, 1.807) is 18.3 Å². The number of aromatic carboxylic acids is 1. The Morgan fingerprint density at radius 2 is 2.06 bits per heavy atom. The van der Waals surface area contributed by atoms with Crippen LogP contribution in [0, 0.1) is 0 Å². The second-order valence-electron chi connectivity index (χ2n) is 3.86. The molecule has 0 unspecified atom stereocenters. The summed E-state index contributed by atoms with van der Waals surface area (Å²) in [7, 11) is 1.94. The molecule has 0 aliphatic heterocycles. The van der Waals surface area contributed by atoms with Crippen LogP contribution in [0.3, 0.4) is 0 Å². The van der Waals surface area contributed by atoms with Gasteiger partial charge < -0.3 is 9.67 Å². The maximum Gasteiger partial charge on any atom is 0.335 e. The van der Waals surface area contributed by atoms with Crippen LogP contribution in [-0.2, 0) is 7.05 Å². The molecule has 1 heterocycles. The van der Waals surface area contributed by atoms with Gasteiger partial charge in [0.15, 0.2) is 0 Å². The minimum Gasteiger partial charge on any atom is -0.478 e. The van der Waals surface area contributed by atoms with Gasteiger partial charge in [0.25, 0.3) is 0 Å². The Kier molecular flexibility index (Phi) is 3.43. The fraction of sp³-hybridized carbons (Fsp3) is 0.0769. The van der Waals surface area contributed by atoms with Crippen molar-refractivity contribution in [3.05, 3.63) is 53.9 Å². The molecule has 2 rings (SSSR count). The van der Waals surface area contributed by atoms with E-state index in [1.807, 2.05) is 30.1 Å². The Morgan fingerprint density at radius 1 is 1.33 bits per heavy atom. The monoisotopic (exact) mass is 243 g/mol. The van der Waals surface area contributed by atoms with Gasteiger partial charge in [0.05, 0.1) is 17.5 Å². The lowest BCUT2D eigenvalue weighted by Crippen LogP contribution is -1.96. The highest BCUT2D eigenvalue weighted by Crippen LogP contribution is 2.09. The van der Waals surface area contributed by atoms with Gasteiger partial charge in [-0.15, -0.1) is 0 Å². The average Bonchev–Trinajstić information content (AvgIpc) is 2.76. The number of nitrogens with one attached hydrogen (secondary N) is 1. The van der Waals surface area contributed by atoms with E-state index in [0.29, 0.717) is 0 Å². The number of hydrogen-bond donors (Lipinski definition) is 2. The standard InChI is InChI=1S/C13H13N3O2/c1-16-7-6-10(9-16)8-14-15-12-4-2-11(3-5-12)13(17)18/h2-9,15H,1H3,(H,17,18)/b14-8+. The summed E-state index contributed by atoms with van der Waals surface area (Å²) < 4.78 is 1.93. The van der Waals surface area contributed by atoms with Gasteiger partial charge in [-0.2, -0.15) is 5.10 Å². The number of benzene rings is 1.